The van der Waals surface area contributed by atoms with Gasteiger partial charge in [-0.3, -0.25) is 0 Å². The third-order valence-electron chi connectivity index (χ3n) is 3.05. The van der Waals surface area contributed by atoms with Crippen molar-refractivity contribution < 1.29 is 28.5 Å². The van der Waals surface area contributed by atoms with Crippen LogP contribution in [-0.2, 0) is 7.05 Å². The van der Waals surface area contributed by atoms with Crippen molar-refractivity contribution in [3.8, 4) is 17.3 Å². The zero-order valence-corrected chi connectivity index (χ0v) is 15.8. The van der Waals surface area contributed by atoms with Crippen molar-refractivity contribution in [2.24, 2.45) is 13.0 Å². The first-order valence-corrected chi connectivity index (χ1v) is 8.26. The molecule has 2 aromatic heterocycles. The van der Waals surface area contributed by atoms with E-state index < -0.39 is 0 Å². The summed E-state index contributed by atoms with van der Waals surface area (Å²) in [5.41, 5.74) is 2.03. The first kappa shape index (κ1) is 18.3. The van der Waals surface area contributed by atoms with Gasteiger partial charge in [-0.05, 0) is 18.9 Å². The molecule has 0 saturated carbocycles. The molecule has 1 unspecified atom stereocenters. The minimum atomic E-state index is 0. The van der Waals surface area contributed by atoms with E-state index in [2.05, 4.69) is 21.7 Å². The summed E-state index contributed by atoms with van der Waals surface area (Å²) < 4.78 is 10.8. The molecule has 0 N–H and O–H groups in total. The highest BCUT2D eigenvalue weighted by molar-refractivity contribution is 7.99. The van der Waals surface area contributed by atoms with Crippen molar-refractivity contribution in [1.82, 2.24) is 8.75 Å². The first-order valence-electron chi connectivity index (χ1n) is 6.55. The lowest BCUT2D eigenvalue weighted by molar-refractivity contribution is -0.671. The second kappa shape index (κ2) is 9.33. The van der Waals surface area contributed by atoms with E-state index in [1.807, 2.05) is 36.1 Å². The molecule has 2 rings (SSSR count). The highest BCUT2D eigenvalue weighted by Gasteiger charge is 2.14. The SMILES string of the molecule is CCC(C#N)CCSc1nsnc1-c1ccc[n+](C)c1.[I-]. The van der Waals surface area contributed by atoms with Gasteiger partial charge in [-0.1, -0.05) is 6.92 Å². The van der Waals surface area contributed by atoms with Gasteiger partial charge in [0.05, 0.1) is 23.4 Å². The lowest BCUT2D eigenvalue weighted by Gasteiger charge is -2.04. The second-order valence-electron chi connectivity index (χ2n) is 4.55. The van der Waals surface area contributed by atoms with Gasteiger partial charge in [0.1, 0.15) is 17.8 Å². The molecule has 0 saturated heterocycles. The van der Waals surface area contributed by atoms with Crippen LogP contribution in [0.3, 0.4) is 0 Å². The van der Waals surface area contributed by atoms with E-state index >= 15 is 0 Å². The molecular weight excluding hydrogens is 415 g/mol. The van der Waals surface area contributed by atoms with Crippen molar-refractivity contribution in [3.63, 3.8) is 0 Å². The Balaban J connectivity index is 0.00000220. The molecule has 4 nitrogen and oxygen atoms in total. The Morgan fingerprint density at radius 2 is 2.29 bits per heavy atom. The van der Waals surface area contributed by atoms with Crippen LogP contribution >= 0.6 is 23.5 Å². The Labute approximate surface area is 150 Å². The molecule has 0 radical (unpaired) electrons. The topological polar surface area (TPSA) is 53.5 Å². The van der Waals surface area contributed by atoms with Crippen LogP contribution in [0.25, 0.3) is 11.3 Å². The van der Waals surface area contributed by atoms with Gasteiger partial charge in [0.25, 0.3) is 0 Å². The summed E-state index contributed by atoms with van der Waals surface area (Å²) in [5, 5.41) is 9.93. The monoisotopic (exact) mass is 432 g/mol. The van der Waals surface area contributed by atoms with Gasteiger partial charge in [0.2, 0.25) is 0 Å². The van der Waals surface area contributed by atoms with Crippen molar-refractivity contribution in [2.45, 2.75) is 24.8 Å². The van der Waals surface area contributed by atoms with Gasteiger partial charge in [-0.2, -0.15) is 14.0 Å². The number of hydrogen-bond acceptors (Lipinski definition) is 5. The van der Waals surface area contributed by atoms with E-state index in [0.717, 1.165) is 34.9 Å². The number of rotatable bonds is 6. The molecule has 21 heavy (non-hydrogen) atoms. The van der Waals surface area contributed by atoms with Crippen LogP contribution in [-0.4, -0.2) is 14.5 Å². The smallest absolute Gasteiger partial charge is 0.178 e. The van der Waals surface area contributed by atoms with Crippen LogP contribution in [0, 0.1) is 17.2 Å². The number of pyridine rings is 1. The summed E-state index contributed by atoms with van der Waals surface area (Å²) in [4.78, 5) is 0. The lowest BCUT2D eigenvalue weighted by Crippen LogP contribution is -3.00. The van der Waals surface area contributed by atoms with Gasteiger partial charge in [-0.25, -0.2) is 4.57 Å². The van der Waals surface area contributed by atoms with Crippen LogP contribution in [0.4, 0.5) is 0 Å². The molecule has 0 spiro atoms. The summed E-state index contributed by atoms with van der Waals surface area (Å²) in [6.45, 7) is 2.05. The van der Waals surface area contributed by atoms with E-state index in [0.29, 0.717) is 0 Å². The van der Waals surface area contributed by atoms with E-state index in [4.69, 9.17) is 5.26 Å². The van der Waals surface area contributed by atoms with Gasteiger partial charge < -0.3 is 24.0 Å². The maximum absolute atomic E-state index is 8.96. The number of nitriles is 1. The van der Waals surface area contributed by atoms with Crippen molar-refractivity contribution in [1.29, 1.82) is 5.26 Å². The van der Waals surface area contributed by atoms with Crippen molar-refractivity contribution in [2.75, 3.05) is 5.75 Å². The molecule has 0 aliphatic heterocycles. The Hall–Kier alpha value is -0.720. The van der Waals surface area contributed by atoms with Gasteiger partial charge >= 0.3 is 0 Å². The summed E-state index contributed by atoms with van der Waals surface area (Å²) >= 11 is 2.93. The van der Waals surface area contributed by atoms with Crippen LogP contribution < -0.4 is 28.5 Å². The molecule has 7 heteroatoms. The summed E-state index contributed by atoms with van der Waals surface area (Å²) in [5.74, 6) is 1.05. The van der Waals surface area contributed by atoms with Crippen molar-refractivity contribution in [3.05, 3.63) is 24.5 Å². The maximum atomic E-state index is 8.96. The summed E-state index contributed by atoms with van der Waals surface area (Å²) in [6, 6.07) is 6.39. The van der Waals surface area contributed by atoms with Crippen LogP contribution in [0.5, 0.6) is 0 Å². The number of aromatic nitrogens is 3. The predicted molar refractivity (Wildman–Crippen MR) is 81.3 cm³/mol. The third kappa shape index (κ3) is 5.20. The molecule has 0 amide bonds. The van der Waals surface area contributed by atoms with E-state index in [1.54, 1.807) is 11.8 Å². The number of aryl methyl sites for hydroxylation is 1. The van der Waals surface area contributed by atoms with Gasteiger partial charge in [-0.15, -0.1) is 11.8 Å². The average molecular weight is 432 g/mol. The van der Waals surface area contributed by atoms with E-state index in [9.17, 15) is 0 Å². The quantitative estimate of drug-likeness (QED) is 0.368. The molecule has 0 aliphatic carbocycles. The molecule has 112 valence electrons. The molecule has 1 atom stereocenters. The Bertz CT molecular complexity index is 609. The fourth-order valence-electron chi connectivity index (χ4n) is 1.84. The Morgan fingerprint density at radius 3 is 2.95 bits per heavy atom. The molecule has 0 aromatic carbocycles. The molecule has 2 aromatic rings. The fraction of sp³-hybridized carbons (Fsp3) is 0.429. The minimum absolute atomic E-state index is 0. The number of thioether (sulfide) groups is 1. The highest BCUT2D eigenvalue weighted by Crippen LogP contribution is 2.29. The first-order chi connectivity index (χ1) is 9.74. The number of halogens is 1. The molecule has 0 aliphatic rings. The van der Waals surface area contributed by atoms with Crippen LogP contribution in [0.2, 0.25) is 0 Å². The van der Waals surface area contributed by atoms with Gasteiger partial charge in [0, 0.05) is 17.7 Å². The zero-order valence-electron chi connectivity index (χ0n) is 12.0. The zero-order chi connectivity index (χ0) is 14.4. The number of hydrogen-bond donors (Lipinski definition) is 0. The summed E-state index contributed by atoms with van der Waals surface area (Å²) in [7, 11) is 1.99. The molecule has 0 fully saturated rings. The lowest BCUT2D eigenvalue weighted by atomic mass is 10.1. The van der Waals surface area contributed by atoms with Gasteiger partial charge in [0.15, 0.2) is 12.4 Å². The standard InChI is InChI=1S/C14H17N4S2.HI/c1-3-11(9-15)6-8-19-14-13(16-20-17-14)12-5-4-7-18(2)10-12;/h4-5,7,10-11H,3,6,8H2,1-2H3;1H/q+1;/p-1. The van der Waals surface area contributed by atoms with Crippen molar-refractivity contribution >= 4 is 23.5 Å². The Morgan fingerprint density at radius 1 is 1.48 bits per heavy atom. The second-order valence-corrected chi connectivity index (χ2v) is 6.16. The molecule has 0 bridgehead atoms. The third-order valence-corrected chi connectivity index (χ3v) is 4.69. The normalized spacial score (nSPS) is 11.5. The number of nitrogens with zero attached hydrogens (tertiary/aromatic N) is 4. The predicted octanol–water partition coefficient (Wildman–Crippen LogP) is 0.0656. The Kier molecular flexibility index (Phi) is 8.14. The van der Waals surface area contributed by atoms with E-state index in [-0.39, 0.29) is 29.9 Å². The largest absolute Gasteiger partial charge is 1.00 e. The molecular formula is C14H17IN4S2. The van der Waals surface area contributed by atoms with Crippen LogP contribution in [0.15, 0.2) is 29.6 Å². The summed E-state index contributed by atoms with van der Waals surface area (Å²) in [6.07, 6.45) is 5.85. The molecule has 2 heterocycles. The highest BCUT2D eigenvalue weighted by atomic mass is 127. The average Bonchev–Trinajstić information content (AvgIpc) is 2.92. The van der Waals surface area contributed by atoms with Crippen LogP contribution in [0.1, 0.15) is 19.8 Å². The minimum Gasteiger partial charge on any atom is -1.00 e. The van der Waals surface area contributed by atoms with E-state index in [1.165, 1.54) is 11.7 Å². The maximum Gasteiger partial charge on any atom is 0.178 e. The fourth-order valence-corrected chi connectivity index (χ4v) is 3.58.